The van der Waals surface area contributed by atoms with Crippen LogP contribution in [0.3, 0.4) is 0 Å². The number of hydrogen-bond donors (Lipinski definition) is 2. The summed E-state index contributed by atoms with van der Waals surface area (Å²) in [5.74, 6) is -0.164. The van der Waals surface area contributed by atoms with Gasteiger partial charge in [-0.05, 0) is 13.3 Å². The second kappa shape index (κ2) is 6.76. The average molecular weight is 218 g/mol. The summed E-state index contributed by atoms with van der Waals surface area (Å²) in [4.78, 5) is 11.6. The van der Waals surface area contributed by atoms with Crippen molar-refractivity contribution in [1.82, 2.24) is 5.32 Å². The van der Waals surface area contributed by atoms with Gasteiger partial charge in [-0.3, -0.25) is 4.79 Å². The van der Waals surface area contributed by atoms with Gasteiger partial charge in [0.25, 0.3) is 0 Å². The number of amides is 1. The Kier molecular flexibility index (Phi) is 6.47. The molecule has 3 N–H and O–H groups in total. The first-order chi connectivity index (χ1) is 6.97. The first-order valence-electron chi connectivity index (χ1n) is 5.06. The number of rotatable bonds is 7. The first kappa shape index (κ1) is 14.3. The fourth-order valence-electron chi connectivity index (χ4n) is 0.965. The summed E-state index contributed by atoms with van der Waals surface area (Å²) in [5.41, 5.74) is 4.96. The zero-order valence-electron chi connectivity index (χ0n) is 10.0. The van der Waals surface area contributed by atoms with Gasteiger partial charge in [-0.1, -0.05) is 6.92 Å². The minimum absolute atomic E-state index is 0.133. The maximum atomic E-state index is 11.6. The highest BCUT2D eigenvalue weighted by atomic mass is 16.5. The van der Waals surface area contributed by atoms with Crippen LogP contribution < -0.4 is 11.1 Å². The van der Waals surface area contributed by atoms with Crippen molar-refractivity contribution in [2.24, 2.45) is 5.73 Å². The van der Waals surface area contributed by atoms with Gasteiger partial charge in [0.1, 0.15) is 0 Å². The molecule has 0 heterocycles. The lowest BCUT2D eigenvalue weighted by atomic mass is 9.99. The fourth-order valence-corrected chi connectivity index (χ4v) is 0.965. The van der Waals surface area contributed by atoms with Crippen LogP contribution in [0.15, 0.2) is 0 Å². The highest BCUT2D eigenvalue weighted by Crippen LogP contribution is 2.04. The Morgan fingerprint density at radius 2 is 2.13 bits per heavy atom. The predicted octanol–water partition coefficient (Wildman–Crippen LogP) is -0.109. The van der Waals surface area contributed by atoms with Crippen LogP contribution in [0.5, 0.6) is 0 Å². The zero-order valence-corrected chi connectivity index (χ0v) is 10.0. The molecule has 0 rings (SSSR count). The second-order valence-electron chi connectivity index (χ2n) is 3.79. The third-order valence-electron chi connectivity index (χ3n) is 2.43. The Morgan fingerprint density at radius 1 is 1.53 bits per heavy atom. The molecular formula is C10H22N2O3. The summed E-state index contributed by atoms with van der Waals surface area (Å²) in [6.45, 7) is 4.45. The van der Waals surface area contributed by atoms with Crippen molar-refractivity contribution in [3.8, 4) is 0 Å². The standard InChI is InChI=1S/C10H22N2O3/c1-5-10(2,11)9(13)12-6-8(15-4)7-14-3/h8H,5-7,11H2,1-4H3,(H,12,13). The Labute approximate surface area is 91.3 Å². The fraction of sp³-hybridized carbons (Fsp3) is 0.900. The number of carbonyl (C=O) groups excluding carboxylic acids is 1. The first-order valence-corrected chi connectivity index (χ1v) is 5.06. The van der Waals surface area contributed by atoms with Crippen molar-refractivity contribution < 1.29 is 14.3 Å². The second-order valence-corrected chi connectivity index (χ2v) is 3.79. The van der Waals surface area contributed by atoms with E-state index in [9.17, 15) is 4.79 Å². The van der Waals surface area contributed by atoms with E-state index in [1.165, 1.54) is 0 Å². The molecule has 0 aromatic carbocycles. The van der Waals surface area contributed by atoms with Crippen LogP contribution in [-0.2, 0) is 14.3 Å². The summed E-state index contributed by atoms with van der Waals surface area (Å²) in [6, 6.07) is 0. The third-order valence-corrected chi connectivity index (χ3v) is 2.43. The molecule has 5 heteroatoms. The van der Waals surface area contributed by atoms with E-state index < -0.39 is 5.54 Å². The lowest BCUT2D eigenvalue weighted by molar-refractivity contribution is -0.126. The number of carbonyl (C=O) groups is 1. The Morgan fingerprint density at radius 3 is 2.53 bits per heavy atom. The quantitative estimate of drug-likeness (QED) is 0.625. The number of hydrogen-bond acceptors (Lipinski definition) is 4. The average Bonchev–Trinajstić information content (AvgIpc) is 2.23. The molecule has 1 amide bonds. The lowest BCUT2D eigenvalue weighted by Gasteiger charge is -2.23. The van der Waals surface area contributed by atoms with E-state index in [0.717, 1.165) is 0 Å². The number of ether oxygens (including phenoxy) is 2. The van der Waals surface area contributed by atoms with Crippen LogP contribution in [0.25, 0.3) is 0 Å². The van der Waals surface area contributed by atoms with Crippen LogP contribution >= 0.6 is 0 Å². The van der Waals surface area contributed by atoms with Crippen molar-refractivity contribution in [2.75, 3.05) is 27.4 Å². The molecule has 0 saturated carbocycles. The maximum absolute atomic E-state index is 11.6. The number of nitrogens with two attached hydrogens (primary N) is 1. The zero-order chi connectivity index (χ0) is 11.9. The molecule has 0 aromatic rings. The lowest BCUT2D eigenvalue weighted by Crippen LogP contribution is -2.52. The van der Waals surface area contributed by atoms with E-state index in [0.29, 0.717) is 19.6 Å². The topological polar surface area (TPSA) is 73.6 Å². The van der Waals surface area contributed by atoms with Gasteiger partial charge in [-0.25, -0.2) is 0 Å². The highest BCUT2D eigenvalue weighted by molar-refractivity contribution is 5.85. The summed E-state index contributed by atoms with van der Waals surface area (Å²) < 4.78 is 10.0. The molecule has 0 fully saturated rings. The Balaban J connectivity index is 3.98. The van der Waals surface area contributed by atoms with E-state index in [1.54, 1.807) is 21.1 Å². The van der Waals surface area contributed by atoms with Crippen LogP contribution in [0, 0.1) is 0 Å². The van der Waals surface area contributed by atoms with Crippen LogP contribution in [0.1, 0.15) is 20.3 Å². The number of methoxy groups -OCH3 is 2. The van der Waals surface area contributed by atoms with Gasteiger partial charge < -0.3 is 20.5 Å². The molecule has 2 unspecified atom stereocenters. The summed E-state index contributed by atoms with van der Waals surface area (Å²) in [6.07, 6.45) is 0.465. The van der Waals surface area contributed by atoms with Crippen molar-refractivity contribution >= 4 is 5.91 Å². The van der Waals surface area contributed by atoms with E-state index in [1.807, 2.05) is 6.92 Å². The molecule has 0 bridgehead atoms. The minimum Gasteiger partial charge on any atom is -0.382 e. The van der Waals surface area contributed by atoms with Gasteiger partial charge in [0, 0.05) is 20.8 Å². The van der Waals surface area contributed by atoms with E-state index in [-0.39, 0.29) is 12.0 Å². The molecule has 0 aliphatic heterocycles. The van der Waals surface area contributed by atoms with Crippen molar-refractivity contribution in [2.45, 2.75) is 31.9 Å². The monoisotopic (exact) mass is 218 g/mol. The van der Waals surface area contributed by atoms with Gasteiger partial charge in [0.05, 0.1) is 18.2 Å². The summed E-state index contributed by atoms with van der Waals surface area (Å²) in [5, 5.41) is 2.74. The summed E-state index contributed by atoms with van der Waals surface area (Å²) >= 11 is 0. The van der Waals surface area contributed by atoms with E-state index in [2.05, 4.69) is 5.32 Å². The van der Waals surface area contributed by atoms with Crippen molar-refractivity contribution in [3.63, 3.8) is 0 Å². The molecule has 0 aliphatic carbocycles. The molecule has 90 valence electrons. The third kappa shape index (κ3) is 5.11. The Bertz CT molecular complexity index is 195. The predicted molar refractivity (Wildman–Crippen MR) is 58.6 cm³/mol. The maximum Gasteiger partial charge on any atom is 0.239 e. The van der Waals surface area contributed by atoms with Crippen molar-refractivity contribution in [3.05, 3.63) is 0 Å². The normalized spacial score (nSPS) is 16.9. The SMILES string of the molecule is CCC(C)(N)C(=O)NCC(COC)OC. The molecule has 0 aromatic heterocycles. The van der Waals surface area contributed by atoms with Gasteiger partial charge in [0.2, 0.25) is 5.91 Å². The van der Waals surface area contributed by atoms with E-state index >= 15 is 0 Å². The number of nitrogens with one attached hydrogen (secondary N) is 1. The molecule has 5 nitrogen and oxygen atoms in total. The largest absolute Gasteiger partial charge is 0.382 e. The molecule has 0 spiro atoms. The van der Waals surface area contributed by atoms with Crippen LogP contribution in [0.2, 0.25) is 0 Å². The van der Waals surface area contributed by atoms with Crippen LogP contribution in [0.4, 0.5) is 0 Å². The van der Waals surface area contributed by atoms with E-state index in [4.69, 9.17) is 15.2 Å². The molecule has 2 atom stereocenters. The molecule has 0 radical (unpaired) electrons. The highest BCUT2D eigenvalue weighted by Gasteiger charge is 2.26. The summed E-state index contributed by atoms with van der Waals surface area (Å²) in [7, 11) is 3.17. The van der Waals surface area contributed by atoms with Gasteiger partial charge in [-0.2, -0.15) is 0 Å². The molecule has 15 heavy (non-hydrogen) atoms. The van der Waals surface area contributed by atoms with Gasteiger partial charge in [-0.15, -0.1) is 0 Å². The molecular weight excluding hydrogens is 196 g/mol. The van der Waals surface area contributed by atoms with Gasteiger partial charge in [0.15, 0.2) is 0 Å². The smallest absolute Gasteiger partial charge is 0.239 e. The van der Waals surface area contributed by atoms with Crippen molar-refractivity contribution in [1.29, 1.82) is 0 Å². The molecule has 0 aliphatic rings. The molecule has 0 saturated heterocycles. The minimum atomic E-state index is -0.814. The van der Waals surface area contributed by atoms with Crippen LogP contribution in [-0.4, -0.2) is 44.9 Å². The van der Waals surface area contributed by atoms with Gasteiger partial charge >= 0.3 is 0 Å². The Hall–Kier alpha value is -0.650.